The Hall–Kier alpha value is -2.44. The van der Waals surface area contributed by atoms with E-state index in [0.29, 0.717) is 58.7 Å². The van der Waals surface area contributed by atoms with E-state index in [0.717, 1.165) is 0 Å². The highest BCUT2D eigenvalue weighted by Gasteiger charge is 2.53. The molecule has 0 aromatic rings. The van der Waals surface area contributed by atoms with Gasteiger partial charge in [0.2, 0.25) is 12.2 Å². The number of hydrogen-bond acceptors (Lipinski definition) is 8. The Bertz CT molecular complexity index is 770. The Morgan fingerprint density at radius 2 is 1.79 bits per heavy atom. The number of ether oxygens (including phenoxy) is 2. The van der Waals surface area contributed by atoms with E-state index in [1.54, 1.807) is 25.7 Å². The van der Waals surface area contributed by atoms with Crippen LogP contribution >= 0.6 is 0 Å². The minimum Gasteiger partial charge on any atom is -0.480 e. The fourth-order valence-electron chi connectivity index (χ4n) is 4.70. The third kappa shape index (κ3) is 6.33. The van der Waals surface area contributed by atoms with Crippen molar-refractivity contribution in [2.45, 2.75) is 51.5 Å². The van der Waals surface area contributed by atoms with E-state index >= 15 is 0 Å². The van der Waals surface area contributed by atoms with Crippen molar-refractivity contribution in [3.8, 4) is 0 Å². The number of likely N-dealkylation sites (N-methyl/N-ethyl adjacent to an activating group) is 1. The second-order valence-electron chi connectivity index (χ2n) is 10.2. The quantitative estimate of drug-likeness (QED) is 0.306. The van der Waals surface area contributed by atoms with Gasteiger partial charge in [-0.3, -0.25) is 25.3 Å². The van der Waals surface area contributed by atoms with Gasteiger partial charge in [-0.1, -0.05) is 0 Å². The van der Waals surface area contributed by atoms with Crippen LogP contribution in [0.5, 0.6) is 0 Å². The minimum absolute atomic E-state index is 0.00598. The molecule has 0 bridgehead atoms. The van der Waals surface area contributed by atoms with Gasteiger partial charge in [0.25, 0.3) is 0 Å². The van der Waals surface area contributed by atoms with Crippen LogP contribution < -0.4 is 5.32 Å². The number of cyclic esters (lactones) is 1. The first-order valence-electron chi connectivity index (χ1n) is 11.5. The summed E-state index contributed by atoms with van der Waals surface area (Å²) in [4.78, 5) is 41.5. The molecule has 3 heterocycles. The molecule has 0 aliphatic carbocycles. The predicted molar refractivity (Wildman–Crippen MR) is 119 cm³/mol. The van der Waals surface area contributed by atoms with Crippen molar-refractivity contribution in [3.63, 3.8) is 0 Å². The van der Waals surface area contributed by atoms with Crippen LogP contribution in [0.15, 0.2) is 0 Å². The SMILES string of the molecule is CC(C)(C)OC(=O)NC(=N)N1CCC([N+]2(C)CC(N3CCN(CC(=O)O)CC3)OC2=O)CC1. The van der Waals surface area contributed by atoms with Crippen LogP contribution in [0.3, 0.4) is 0 Å². The number of carbonyl (C=O) groups excluding carboxylic acids is 2. The highest BCUT2D eigenvalue weighted by atomic mass is 16.6. The number of piperazine rings is 1. The second kappa shape index (κ2) is 9.82. The number of guanidine groups is 1. The Morgan fingerprint density at radius 1 is 1.18 bits per heavy atom. The standard InChI is InChI=1S/C21H36N6O6/c1-21(2,3)33-19(30)23-18(22)26-7-5-15(6-8-26)27(4)14-16(32-20(27)31)25-11-9-24(10-12-25)13-17(28)29/h15-16H,5-14H2,1-4H3,(H2-,22,23,28,29,30)/p+1. The lowest BCUT2D eigenvalue weighted by Gasteiger charge is -2.40. The van der Waals surface area contributed by atoms with Crippen LogP contribution in [-0.4, -0.2) is 126 Å². The smallest absolute Gasteiger partial charge is 0.480 e. The number of carbonyl (C=O) groups is 3. The van der Waals surface area contributed by atoms with Crippen LogP contribution in [0.4, 0.5) is 9.59 Å². The van der Waals surface area contributed by atoms with Gasteiger partial charge >= 0.3 is 18.2 Å². The summed E-state index contributed by atoms with van der Waals surface area (Å²) >= 11 is 0. The van der Waals surface area contributed by atoms with E-state index < -0.39 is 17.7 Å². The molecular weight excluding hydrogens is 432 g/mol. The number of quaternary nitrogens is 1. The summed E-state index contributed by atoms with van der Waals surface area (Å²) in [5.74, 6) is -0.827. The zero-order chi connectivity index (χ0) is 24.4. The van der Waals surface area contributed by atoms with Gasteiger partial charge in [-0.2, -0.15) is 4.79 Å². The first-order valence-corrected chi connectivity index (χ1v) is 11.5. The molecule has 3 aliphatic rings. The summed E-state index contributed by atoms with van der Waals surface area (Å²) in [5, 5.41) is 19.6. The Kier molecular flexibility index (Phi) is 7.49. The molecule has 0 aromatic heterocycles. The van der Waals surface area contributed by atoms with Crippen molar-refractivity contribution in [2.24, 2.45) is 0 Å². The number of nitrogens with zero attached hydrogens (tertiary/aromatic N) is 4. The van der Waals surface area contributed by atoms with Crippen molar-refractivity contribution >= 4 is 24.1 Å². The Balaban J connectivity index is 1.49. The molecule has 3 rings (SSSR count). The van der Waals surface area contributed by atoms with E-state index in [1.807, 2.05) is 11.9 Å². The van der Waals surface area contributed by atoms with Gasteiger partial charge in [0, 0.05) is 52.1 Å². The molecule has 2 amide bonds. The Labute approximate surface area is 194 Å². The first kappa shape index (κ1) is 25.2. The third-order valence-corrected chi connectivity index (χ3v) is 6.57. The summed E-state index contributed by atoms with van der Waals surface area (Å²) < 4.78 is 11.2. The molecule has 0 aromatic carbocycles. The summed E-state index contributed by atoms with van der Waals surface area (Å²) in [6.07, 6.45) is 0.197. The molecule has 0 radical (unpaired) electrons. The summed E-state index contributed by atoms with van der Waals surface area (Å²) in [6, 6.07) is 0.0707. The lowest BCUT2D eigenvalue weighted by molar-refractivity contribution is -0.852. The molecule has 33 heavy (non-hydrogen) atoms. The van der Waals surface area contributed by atoms with Gasteiger partial charge in [0.15, 0.2) is 0 Å². The number of alkyl carbamates (subject to hydrolysis) is 1. The van der Waals surface area contributed by atoms with E-state index in [9.17, 15) is 14.4 Å². The number of amides is 2. The van der Waals surface area contributed by atoms with E-state index in [1.165, 1.54) is 0 Å². The molecule has 2 atom stereocenters. The van der Waals surface area contributed by atoms with Crippen LogP contribution in [0, 0.1) is 5.41 Å². The molecule has 3 saturated heterocycles. The molecule has 3 N–H and O–H groups in total. The zero-order valence-electron chi connectivity index (χ0n) is 20.0. The maximum atomic E-state index is 12.9. The van der Waals surface area contributed by atoms with Gasteiger partial charge < -0.3 is 19.5 Å². The van der Waals surface area contributed by atoms with Gasteiger partial charge in [-0.25, -0.2) is 9.28 Å². The Morgan fingerprint density at radius 3 is 2.33 bits per heavy atom. The maximum absolute atomic E-state index is 12.9. The number of carboxylic acids is 1. The normalized spacial score (nSPS) is 27.8. The van der Waals surface area contributed by atoms with Gasteiger partial charge in [0.05, 0.1) is 13.6 Å². The van der Waals surface area contributed by atoms with Crippen LogP contribution in [0.2, 0.25) is 0 Å². The first-order chi connectivity index (χ1) is 15.4. The molecule has 12 heteroatoms. The van der Waals surface area contributed by atoms with E-state index in [4.69, 9.17) is 20.0 Å². The molecule has 3 fully saturated rings. The lowest BCUT2D eigenvalue weighted by Crippen LogP contribution is -2.59. The van der Waals surface area contributed by atoms with Crippen LogP contribution in [0.25, 0.3) is 0 Å². The summed E-state index contributed by atoms with van der Waals surface area (Å²) in [6.45, 7) is 9.59. The van der Waals surface area contributed by atoms with Crippen molar-refractivity contribution in [3.05, 3.63) is 0 Å². The number of hydrogen-bond donors (Lipinski definition) is 3. The molecule has 0 saturated carbocycles. The van der Waals surface area contributed by atoms with Gasteiger partial charge in [-0.15, -0.1) is 0 Å². The number of likely N-dealkylation sites (tertiary alicyclic amines) is 1. The minimum atomic E-state index is -0.833. The molecule has 3 aliphatic heterocycles. The number of aliphatic carboxylic acids is 1. The largest absolute Gasteiger partial charge is 0.517 e. The molecule has 12 nitrogen and oxygen atoms in total. The fourth-order valence-corrected chi connectivity index (χ4v) is 4.70. The topological polar surface area (TPSA) is 136 Å². The number of carboxylic acid groups (broad SMARTS) is 1. The molecule has 2 unspecified atom stereocenters. The second-order valence-corrected chi connectivity index (χ2v) is 10.2. The van der Waals surface area contributed by atoms with Crippen molar-refractivity contribution in [1.29, 1.82) is 5.41 Å². The summed E-state index contributed by atoms with van der Waals surface area (Å²) in [7, 11) is 1.91. The zero-order valence-corrected chi connectivity index (χ0v) is 20.0. The maximum Gasteiger partial charge on any atom is 0.517 e. The predicted octanol–water partition coefficient (Wildman–Crippen LogP) is 0.535. The van der Waals surface area contributed by atoms with Crippen LogP contribution in [-0.2, 0) is 14.3 Å². The summed E-state index contributed by atoms with van der Waals surface area (Å²) in [5.41, 5.74) is -0.633. The highest BCUT2D eigenvalue weighted by molar-refractivity contribution is 5.92. The fraction of sp³-hybridized carbons (Fsp3) is 0.810. The average Bonchev–Trinajstić information content (AvgIpc) is 3.02. The lowest BCUT2D eigenvalue weighted by atomic mass is 10.0. The molecule has 186 valence electrons. The van der Waals surface area contributed by atoms with Gasteiger partial charge in [0.1, 0.15) is 18.2 Å². The number of nitrogens with one attached hydrogen (secondary N) is 2. The van der Waals surface area contributed by atoms with E-state index in [2.05, 4.69) is 10.2 Å². The van der Waals surface area contributed by atoms with Crippen molar-refractivity contribution in [2.75, 3.05) is 59.4 Å². The van der Waals surface area contributed by atoms with E-state index in [-0.39, 0.29) is 35.4 Å². The van der Waals surface area contributed by atoms with Crippen molar-refractivity contribution in [1.82, 2.24) is 20.0 Å². The average molecular weight is 470 g/mol. The van der Waals surface area contributed by atoms with Crippen LogP contribution in [0.1, 0.15) is 33.6 Å². The van der Waals surface area contributed by atoms with Gasteiger partial charge in [-0.05, 0) is 20.8 Å². The molecular formula is C21H37N6O6+. The molecule has 0 spiro atoms. The highest BCUT2D eigenvalue weighted by Crippen LogP contribution is 2.30. The third-order valence-electron chi connectivity index (χ3n) is 6.57. The number of piperidine rings is 1. The monoisotopic (exact) mass is 469 g/mol. The number of rotatable bonds is 4. The van der Waals surface area contributed by atoms with Crippen molar-refractivity contribution < 1.29 is 33.4 Å².